The molecule has 0 spiro atoms. The molecule has 3 aliphatic heterocycles. The first-order valence-corrected chi connectivity index (χ1v) is 20.9. The molecule has 0 radical (unpaired) electrons. The molecule has 1 N–H and O–H groups in total. The number of nitrogens with one attached hydrogen (secondary N) is 1. The zero-order chi connectivity index (χ0) is 33.8. The van der Waals surface area contributed by atoms with E-state index in [1.165, 1.54) is 52.1 Å². The van der Waals surface area contributed by atoms with Gasteiger partial charge in [0.2, 0.25) is 15.4 Å². The number of ether oxygens (including phenoxy) is 1. The van der Waals surface area contributed by atoms with Crippen molar-refractivity contribution in [2.75, 3.05) is 70.1 Å². The molecule has 3 aliphatic rings. The Morgan fingerprint density at radius 3 is 2.08 bits per heavy atom. The number of piperazine rings is 1. The number of aromatic nitrogens is 1. The summed E-state index contributed by atoms with van der Waals surface area (Å²) in [7, 11) is -3.80. The molecule has 8 nitrogen and oxygen atoms in total. The van der Waals surface area contributed by atoms with Crippen LogP contribution in [-0.4, -0.2) is 106 Å². The molecule has 10 heteroatoms. The van der Waals surface area contributed by atoms with E-state index in [-0.39, 0.29) is 11.0 Å². The van der Waals surface area contributed by atoms with Gasteiger partial charge in [0, 0.05) is 62.3 Å². The van der Waals surface area contributed by atoms with Crippen LogP contribution in [0, 0.1) is 5.92 Å². The summed E-state index contributed by atoms with van der Waals surface area (Å²) in [6.07, 6.45) is 9.38. The fourth-order valence-electron chi connectivity index (χ4n) is 8.13. The number of hydrogen-bond acceptors (Lipinski definition) is 8. The smallest absolute Gasteiger partial charge is 0.214 e. The highest BCUT2D eigenvalue weighted by Crippen LogP contribution is 2.38. The van der Waals surface area contributed by atoms with Crippen LogP contribution in [0.15, 0.2) is 63.3 Å². The standard InChI is InChI=1S/C38H55N5O3S2/c1-6-40-21-23-42(24-22-40)31-13-17-41(18-14-31)30-15-19-43(20-16-30)38-35-26-33(47-5)9-12-36(35)39-27-37(38)48(44,45)34-10-7-32(8-11-34)46-29(4)25-28(2)3/h7-12,26-31H,6,13-25H2,1-5H3/p+1. The van der Waals surface area contributed by atoms with Crippen LogP contribution in [-0.2, 0) is 9.84 Å². The number of pyridine rings is 1. The van der Waals surface area contributed by atoms with Crippen LogP contribution in [0.1, 0.15) is 59.8 Å². The molecule has 3 aromatic rings. The number of piperidine rings is 2. The van der Waals surface area contributed by atoms with E-state index >= 15 is 0 Å². The lowest BCUT2D eigenvalue weighted by Crippen LogP contribution is -2.55. The van der Waals surface area contributed by atoms with Gasteiger partial charge in [-0.25, -0.2) is 13.4 Å². The van der Waals surface area contributed by atoms with Gasteiger partial charge in [-0.15, -0.1) is 11.8 Å². The van der Waals surface area contributed by atoms with Crippen molar-refractivity contribution in [3.63, 3.8) is 0 Å². The van der Waals surface area contributed by atoms with Crippen LogP contribution >= 0.6 is 11.8 Å². The van der Waals surface area contributed by atoms with Gasteiger partial charge >= 0.3 is 0 Å². The van der Waals surface area contributed by atoms with Crippen molar-refractivity contribution in [1.29, 1.82) is 0 Å². The van der Waals surface area contributed by atoms with Crippen molar-refractivity contribution >= 4 is 38.2 Å². The quantitative estimate of drug-likeness (QED) is 0.224. The topological polar surface area (TPSA) is 70.5 Å². The first-order valence-electron chi connectivity index (χ1n) is 18.2. The summed E-state index contributed by atoms with van der Waals surface area (Å²) in [6.45, 7) is 18.7. The fraction of sp³-hybridized carbons (Fsp3) is 0.605. The minimum absolute atomic E-state index is 0.0655. The average Bonchev–Trinajstić information content (AvgIpc) is 3.11. The molecule has 6 rings (SSSR count). The van der Waals surface area contributed by atoms with Gasteiger partial charge in [0.1, 0.15) is 5.75 Å². The Kier molecular flexibility index (Phi) is 11.6. The highest BCUT2D eigenvalue weighted by molar-refractivity contribution is 7.98. The van der Waals surface area contributed by atoms with Gasteiger partial charge < -0.3 is 19.4 Å². The molecule has 262 valence electrons. The Bertz CT molecular complexity index is 1610. The number of likely N-dealkylation sites (tertiary alicyclic amines) is 1. The molecule has 0 aliphatic carbocycles. The lowest BCUT2D eigenvalue weighted by atomic mass is 9.96. The van der Waals surface area contributed by atoms with Crippen LogP contribution in [0.25, 0.3) is 10.9 Å². The number of H-pyrrole nitrogens is 1. The molecule has 3 fully saturated rings. The van der Waals surface area contributed by atoms with Crippen molar-refractivity contribution in [2.45, 2.75) is 92.7 Å². The molecule has 48 heavy (non-hydrogen) atoms. The van der Waals surface area contributed by atoms with Gasteiger partial charge in [0.05, 0.1) is 22.1 Å². The fourth-order valence-corrected chi connectivity index (χ4v) is 10.0. The molecule has 1 aromatic heterocycles. The molecular weight excluding hydrogens is 639 g/mol. The Morgan fingerprint density at radius 2 is 1.48 bits per heavy atom. The Balaban J connectivity index is 1.18. The molecule has 0 amide bonds. The maximum Gasteiger partial charge on any atom is 0.214 e. The summed E-state index contributed by atoms with van der Waals surface area (Å²) in [5.74, 6) is 1.23. The monoisotopic (exact) mass is 694 g/mol. The van der Waals surface area contributed by atoms with Gasteiger partial charge in [0.15, 0.2) is 11.1 Å². The summed E-state index contributed by atoms with van der Waals surface area (Å²) in [4.78, 5) is 15.4. The Hall–Kier alpha value is -2.37. The van der Waals surface area contributed by atoms with Crippen molar-refractivity contribution < 1.29 is 18.1 Å². The summed E-state index contributed by atoms with van der Waals surface area (Å²) in [5, 5.41) is 0.966. The summed E-state index contributed by atoms with van der Waals surface area (Å²) in [6, 6.07) is 14.6. The van der Waals surface area contributed by atoms with Crippen LogP contribution in [0.5, 0.6) is 5.75 Å². The van der Waals surface area contributed by atoms with Crippen LogP contribution in [0.4, 0.5) is 5.69 Å². The molecule has 0 bridgehead atoms. The predicted molar refractivity (Wildman–Crippen MR) is 197 cm³/mol. The molecule has 1 atom stereocenters. The van der Waals surface area contributed by atoms with Crippen LogP contribution < -0.4 is 14.6 Å². The summed E-state index contributed by atoms with van der Waals surface area (Å²) < 4.78 is 34.8. The van der Waals surface area contributed by atoms with E-state index in [1.54, 1.807) is 42.2 Å². The number of hydrogen-bond donors (Lipinski definition) is 0. The average molecular weight is 695 g/mol. The van der Waals surface area contributed by atoms with E-state index in [2.05, 4.69) is 76.7 Å². The number of benzene rings is 2. The normalized spacial score (nSPS) is 20.5. The third kappa shape index (κ3) is 7.99. The zero-order valence-electron chi connectivity index (χ0n) is 29.7. The minimum atomic E-state index is -3.80. The second-order valence-electron chi connectivity index (χ2n) is 14.4. The lowest BCUT2D eigenvalue weighted by molar-refractivity contribution is -0.347. The summed E-state index contributed by atoms with van der Waals surface area (Å²) >= 11 is 1.68. The second-order valence-corrected chi connectivity index (χ2v) is 17.2. The SMILES string of the molecule is CCN1CCN(C2CCN(C3CCN(c4c(S(=O)(=O)c5ccc(OC(C)CC(C)C)cc5)c[nH+]c5ccc(SC)cc45)CC3)CC2)CC1. The third-order valence-corrected chi connectivity index (χ3v) is 13.3. The highest BCUT2D eigenvalue weighted by Gasteiger charge is 2.35. The third-order valence-electron chi connectivity index (χ3n) is 10.8. The molecule has 2 aromatic carbocycles. The second kappa shape index (κ2) is 15.7. The molecular formula is C38H56N5O3S2+. The first kappa shape index (κ1) is 35.5. The van der Waals surface area contributed by atoms with E-state index < -0.39 is 9.84 Å². The van der Waals surface area contributed by atoms with Crippen molar-refractivity contribution in [3.05, 3.63) is 48.7 Å². The molecule has 1 unspecified atom stereocenters. The van der Waals surface area contributed by atoms with Crippen LogP contribution in [0.3, 0.4) is 0 Å². The van der Waals surface area contributed by atoms with Gasteiger partial charge in [-0.3, -0.25) is 4.90 Å². The maximum atomic E-state index is 14.4. The number of thioether (sulfide) groups is 1. The molecule has 3 saturated heterocycles. The predicted octanol–water partition coefficient (Wildman–Crippen LogP) is 6.09. The van der Waals surface area contributed by atoms with Gasteiger partial charge in [-0.05, 0) is 107 Å². The number of fused-ring (bicyclic) bond motifs is 1. The Morgan fingerprint density at radius 1 is 0.854 bits per heavy atom. The van der Waals surface area contributed by atoms with Gasteiger partial charge in [-0.1, -0.05) is 20.8 Å². The van der Waals surface area contributed by atoms with E-state index in [1.807, 2.05) is 0 Å². The lowest BCUT2D eigenvalue weighted by Gasteiger charge is -2.46. The Labute approximate surface area is 293 Å². The molecule has 4 heterocycles. The number of aromatic amines is 1. The number of anilines is 1. The number of nitrogens with zero attached hydrogens (tertiary/aromatic N) is 4. The largest absolute Gasteiger partial charge is 0.491 e. The van der Waals surface area contributed by atoms with Crippen molar-refractivity contribution in [1.82, 2.24) is 14.7 Å². The van der Waals surface area contributed by atoms with Gasteiger partial charge in [-0.2, -0.15) is 0 Å². The first-order chi connectivity index (χ1) is 23.2. The van der Waals surface area contributed by atoms with E-state index in [0.717, 1.165) is 66.4 Å². The van der Waals surface area contributed by atoms with Crippen molar-refractivity contribution in [3.8, 4) is 5.75 Å². The van der Waals surface area contributed by atoms with E-state index in [9.17, 15) is 8.42 Å². The number of sulfone groups is 1. The highest BCUT2D eigenvalue weighted by atomic mass is 32.2. The van der Waals surface area contributed by atoms with Crippen molar-refractivity contribution in [2.24, 2.45) is 5.92 Å². The maximum absolute atomic E-state index is 14.4. The van der Waals surface area contributed by atoms with E-state index in [4.69, 9.17) is 4.74 Å². The van der Waals surface area contributed by atoms with Crippen LogP contribution in [0.2, 0.25) is 0 Å². The van der Waals surface area contributed by atoms with Gasteiger partial charge in [0.25, 0.3) is 0 Å². The zero-order valence-corrected chi connectivity index (χ0v) is 31.3. The molecule has 0 saturated carbocycles. The number of rotatable bonds is 11. The van der Waals surface area contributed by atoms with E-state index in [0.29, 0.717) is 22.6 Å². The number of likely N-dealkylation sites (N-methyl/N-ethyl adjacent to an activating group) is 1. The minimum Gasteiger partial charge on any atom is -0.491 e. The summed E-state index contributed by atoms with van der Waals surface area (Å²) in [5.41, 5.74) is 1.78.